The topological polar surface area (TPSA) is 26.0 Å². The quantitative estimate of drug-likeness (QED) is 0.872. The summed E-state index contributed by atoms with van der Waals surface area (Å²) in [6.45, 7) is 4.29. The van der Waals surface area contributed by atoms with Crippen molar-refractivity contribution in [2.24, 2.45) is 5.73 Å². The van der Waals surface area contributed by atoms with E-state index in [2.05, 4.69) is 62.4 Å². The maximum Gasteiger partial charge on any atom is 0.0195 e. The molecule has 0 saturated heterocycles. The van der Waals surface area contributed by atoms with Crippen molar-refractivity contribution >= 4 is 0 Å². The molecule has 0 atom stereocenters. The van der Waals surface area contributed by atoms with E-state index in [1.807, 2.05) is 6.07 Å². The SMILES string of the molecule is CC(C)(N)C1(c2ccc(-c3ccccc3)cc2)CC1. The average molecular weight is 251 g/mol. The van der Waals surface area contributed by atoms with Crippen LogP contribution in [0.4, 0.5) is 0 Å². The van der Waals surface area contributed by atoms with Crippen LogP contribution < -0.4 is 5.73 Å². The van der Waals surface area contributed by atoms with E-state index in [1.54, 1.807) is 0 Å². The van der Waals surface area contributed by atoms with Crippen LogP contribution in [0.25, 0.3) is 11.1 Å². The van der Waals surface area contributed by atoms with E-state index in [4.69, 9.17) is 5.73 Å². The number of hydrogen-bond acceptors (Lipinski definition) is 1. The summed E-state index contributed by atoms with van der Waals surface area (Å²) in [6, 6.07) is 19.4. The molecular formula is C18H21N. The predicted molar refractivity (Wildman–Crippen MR) is 81.1 cm³/mol. The minimum absolute atomic E-state index is 0.138. The highest BCUT2D eigenvalue weighted by Crippen LogP contribution is 2.54. The summed E-state index contributed by atoms with van der Waals surface area (Å²) in [6.07, 6.45) is 2.42. The average Bonchev–Trinajstić information content (AvgIpc) is 3.21. The lowest BCUT2D eigenvalue weighted by atomic mass is 9.79. The molecule has 2 aromatic rings. The molecule has 0 heterocycles. The third-order valence-corrected chi connectivity index (χ3v) is 4.53. The van der Waals surface area contributed by atoms with Crippen LogP contribution in [0.3, 0.4) is 0 Å². The van der Waals surface area contributed by atoms with Crippen LogP contribution in [-0.4, -0.2) is 5.54 Å². The minimum atomic E-state index is -0.138. The largest absolute Gasteiger partial charge is 0.325 e. The molecule has 2 aromatic carbocycles. The molecule has 2 N–H and O–H groups in total. The fourth-order valence-electron chi connectivity index (χ4n) is 3.04. The molecule has 1 nitrogen and oxygen atoms in total. The number of rotatable bonds is 3. The molecule has 0 amide bonds. The van der Waals surface area contributed by atoms with Gasteiger partial charge < -0.3 is 5.73 Å². The fourth-order valence-corrected chi connectivity index (χ4v) is 3.04. The lowest BCUT2D eigenvalue weighted by Gasteiger charge is -2.31. The molecule has 1 saturated carbocycles. The van der Waals surface area contributed by atoms with Crippen LogP contribution in [0.2, 0.25) is 0 Å². The van der Waals surface area contributed by atoms with Gasteiger partial charge in [0.1, 0.15) is 0 Å². The van der Waals surface area contributed by atoms with Crippen molar-refractivity contribution in [1.29, 1.82) is 0 Å². The number of hydrogen-bond donors (Lipinski definition) is 1. The lowest BCUT2D eigenvalue weighted by Crippen LogP contribution is -2.45. The molecule has 0 spiro atoms. The summed E-state index contributed by atoms with van der Waals surface area (Å²) in [4.78, 5) is 0. The van der Waals surface area contributed by atoms with Crippen molar-refractivity contribution in [3.63, 3.8) is 0 Å². The van der Waals surface area contributed by atoms with Crippen LogP contribution in [0.15, 0.2) is 54.6 Å². The summed E-state index contributed by atoms with van der Waals surface area (Å²) in [7, 11) is 0. The van der Waals surface area contributed by atoms with Crippen molar-refractivity contribution in [3.05, 3.63) is 60.2 Å². The molecular weight excluding hydrogens is 230 g/mol. The van der Waals surface area contributed by atoms with Gasteiger partial charge in [-0.05, 0) is 43.4 Å². The van der Waals surface area contributed by atoms with E-state index in [1.165, 1.54) is 29.5 Å². The maximum atomic E-state index is 6.36. The van der Waals surface area contributed by atoms with Gasteiger partial charge in [0.2, 0.25) is 0 Å². The first-order valence-electron chi connectivity index (χ1n) is 6.98. The Morgan fingerprint density at radius 1 is 0.842 bits per heavy atom. The molecule has 1 heteroatoms. The zero-order valence-electron chi connectivity index (χ0n) is 11.7. The van der Waals surface area contributed by atoms with E-state index in [-0.39, 0.29) is 11.0 Å². The van der Waals surface area contributed by atoms with Gasteiger partial charge in [-0.2, -0.15) is 0 Å². The van der Waals surface area contributed by atoms with Crippen molar-refractivity contribution in [2.45, 2.75) is 37.6 Å². The smallest absolute Gasteiger partial charge is 0.0195 e. The Bertz CT molecular complexity index is 557. The number of benzene rings is 2. The molecule has 0 aliphatic heterocycles. The van der Waals surface area contributed by atoms with Gasteiger partial charge in [0.05, 0.1) is 0 Å². The molecule has 0 unspecified atom stereocenters. The number of nitrogens with two attached hydrogens (primary N) is 1. The van der Waals surface area contributed by atoms with E-state index in [9.17, 15) is 0 Å². The zero-order valence-corrected chi connectivity index (χ0v) is 11.7. The highest BCUT2D eigenvalue weighted by molar-refractivity contribution is 5.64. The van der Waals surface area contributed by atoms with Crippen molar-refractivity contribution in [3.8, 4) is 11.1 Å². The zero-order chi connectivity index (χ0) is 13.5. The predicted octanol–water partition coefficient (Wildman–Crippen LogP) is 4.12. The first-order chi connectivity index (χ1) is 9.03. The van der Waals surface area contributed by atoms with Gasteiger partial charge >= 0.3 is 0 Å². The summed E-state index contributed by atoms with van der Waals surface area (Å²) in [5, 5.41) is 0. The molecule has 3 rings (SSSR count). The van der Waals surface area contributed by atoms with E-state index in [0.29, 0.717) is 0 Å². The molecule has 1 fully saturated rings. The minimum Gasteiger partial charge on any atom is -0.325 e. The van der Waals surface area contributed by atoms with Gasteiger partial charge in [-0.1, -0.05) is 54.6 Å². The maximum absolute atomic E-state index is 6.36. The molecule has 1 aliphatic rings. The van der Waals surface area contributed by atoms with E-state index in [0.717, 1.165) is 0 Å². The van der Waals surface area contributed by atoms with Crippen LogP contribution in [0.1, 0.15) is 32.3 Å². The Balaban J connectivity index is 1.93. The second kappa shape index (κ2) is 4.21. The monoisotopic (exact) mass is 251 g/mol. The van der Waals surface area contributed by atoms with Crippen LogP contribution in [0.5, 0.6) is 0 Å². The van der Waals surface area contributed by atoms with Gasteiger partial charge in [0, 0.05) is 11.0 Å². The molecule has 19 heavy (non-hydrogen) atoms. The molecule has 0 aromatic heterocycles. The van der Waals surface area contributed by atoms with Crippen LogP contribution >= 0.6 is 0 Å². The summed E-state index contributed by atoms with van der Waals surface area (Å²) in [5.41, 5.74) is 10.3. The molecule has 0 bridgehead atoms. The first-order valence-corrected chi connectivity index (χ1v) is 6.98. The van der Waals surface area contributed by atoms with Gasteiger partial charge in [-0.15, -0.1) is 0 Å². The normalized spacial score (nSPS) is 17.2. The molecule has 1 aliphatic carbocycles. The second-order valence-electron chi connectivity index (χ2n) is 6.25. The van der Waals surface area contributed by atoms with Crippen LogP contribution in [-0.2, 0) is 5.41 Å². The van der Waals surface area contributed by atoms with Gasteiger partial charge in [0.25, 0.3) is 0 Å². The first kappa shape index (κ1) is 12.4. The summed E-state index contributed by atoms with van der Waals surface area (Å²) >= 11 is 0. The highest BCUT2D eigenvalue weighted by atomic mass is 14.8. The Morgan fingerprint density at radius 2 is 1.37 bits per heavy atom. The Morgan fingerprint density at radius 3 is 1.84 bits per heavy atom. The summed E-state index contributed by atoms with van der Waals surface area (Å²) in [5.74, 6) is 0. The van der Waals surface area contributed by atoms with Crippen molar-refractivity contribution in [1.82, 2.24) is 0 Å². The molecule has 0 radical (unpaired) electrons. The van der Waals surface area contributed by atoms with Gasteiger partial charge in [-0.25, -0.2) is 0 Å². The van der Waals surface area contributed by atoms with Gasteiger partial charge in [0.15, 0.2) is 0 Å². The Hall–Kier alpha value is -1.60. The third-order valence-electron chi connectivity index (χ3n) is 4.53. The van der Waals surface area contributed by atoms with Gasteiger partial charge in [-0.3, -0.25) is 0 Å². The third kappa shape index (κ3) is 2.08. The van der Waals surface area contributed by atoms with Crippen molar-refractivity contribution in [2.75, 3.05) is 0 Å². The van der Waals surface area contributed by atoms with E-state index < -0.39 is 0 Å². The molecule has 98 valence electrons. The highest BCUT2D eigenvalue weighted by Gasteiger charge is 2.53. The second-order valence-corrected chi connectivity index (χ2v) is 6.25. The van der Waals surface area contributed by atoms with E-state index >= 15 is 0 Å². The summed E-state index contributed by atoms with van der Waals surface area (Å²) < 4.78 is 0. The van der Waals surface area contributed by atoms with Crippen molar-refractivity contribution < 1.29 is 0 Å². The standard InChI is InChI=1S/C18H21N/c1-17(2,19)18(12-13-18)16-10-8-15(9-11-16)14-6-4-3-5-7-14/h3-11H,12-13,19H2,1-2H3. The Labute approximate surface area is 115 Å². The fraction of sp³-hybridized carbons (Fsp3) is 0.333. The lowest BCUT2D eigenvalue weighted by molar-refractivity contribution is 0.391. The van der Waals surface area contributed by atoms with Crippen LogP contribution in [0, 0.1) is 0 Å². The Kier molecular flexibility index (Phi) is 2.75.